The van der Waals surface area contributed by atoms with Gasteiger partial charge in [-0.15, -0.1) is 0 Å². The third kappa shape index (κ3) is 3.93. The zero-order valence-electron chi connectivity index (χ0n) is 18.1. The van der Waals surface area contributed by atoms with Crippen LogP contribution < -0.4 is 4.74 Å². The maximum absolute atomic E-state index is 5.65. The monoisotopic (exact) mass is 420 g/mol. The normalized spacial score (nSPS) is 11.4. The molecule has 5 nitrogen and oxygen atoms in total. The van der Waals surface area contributed by atoms with E-state index in [2.05, 4.69) is 70.2 Å². The van der Waals surface area contributed by atoms with Crippen LogP contribution in [0.5, 0.6) is 5.75 Å². The highest BCUT2D eigenvalue weighted by atomic mass is 16.5. The molecule has 0 unspecified atom stereocenters. The number of hydrogen-bond acceptors (Lipinski definition) is 3. The predicted octanol–water partition coefficient (Wildman–Crippen LogP) is 5.76. The summed E-state index contributed by atoms with van der Waals surface area (Å²) in [5.74, 6) is 1.71. The number of methoxy groups -OCH3 is 1. The van der Waals surface area contributed by atoms with Crippen LogP contribution in [0.1, 0.15) is 22.6 Å². The van der Waals surface area contributed by atoms with Crippen molar-refractivity contribution in [3.05, 3.63) is 108 Å². The van der Waals surface area contributed by atoms with Gasteiger partial charge in [0, 0.05) is 12.7 Å². The molecule has 0 aliphatic rings. The van der Waals surface area contributed by atoms with Gasteiger partial charge in [-0.1, -0.05) is 54.6 Å². The minimum absolute atomic E-state index is 0.767. The quantitative estimate of drug-likeness (QED) is 0.351. The van der Waals surface area contributed by atoms with E-state index in [1.54, 1.807) is 13.4 Å². The lowest BCUT2D eigenvalue weighted by atomic mass is 10.1. The van der Waals surface area contributed by atoms with E-state index in [0.717, 1.165) is 46.1 Å². The zero-order valence-corrected chi connectivity index (χ0v) is 18.1. The van der Waals surface area contributed by atoms with Crippen LogP contribution in [0, 0.1) is 6.92 Å². The van der Waals surface area contributed by atoms with Gasteiger partial charge in [0.25, 0.3) is 0 Å². The Labute approximate surface area is 187 Å². The Balaban J connectivity index is 1.50. The van der Waals surface area contributed by atoms with Crippen LogP contribution in [0.2, 0.25) is 0 Å². The molecule has 0 amide bonds. The van der Waals surface area contributed by atoms with E-state index in [0.29, 0.717) is 0 Å². The molecular weight excluding hydrogens is 396 g/mol. The lowest BCUT2D eigenvalue weighted by molar-refractivity contribution is 0.413. The highest BCUT2D eigenvalue weighted by Gasteiger charge is 2.10. The number of aromatic nitrogens is 4. The molecule has 32 heavy (non-hydrogen) atoms. The molecule has 0 spiro atoms. The van der Waals surface area contributed by atoms with Gasteiger partial charge in [-0.2, -0.15) is 0 Å². The number of aryl methyl sites for hydroxylation is 1. The molecule has 158 valence electrons. The van der Waals surface area contributed by atoms with E-state index in [1.165, 1.54) is 5.56 Å². The Bertz CT molecular complexity index is 1400. The molecule has 5 aromatic rings. The first-order valence-corrected chi connectivity index (χ1v) is 10.6. The molecule has 0 fully saturated rings. The maximum Gasteiger partial charge on any atom is 0.143 e. The molecule has 5 rings (SSSR count). The molecule has 0 aliphatic carbocycles. The van der Waals surface area contributed by atoms with E-state index in [1.807, 2.05) is 42.0 Å². The lowest BCUT2D eigenvalue weighted by Crippen LogP contribution is -2.02. The maximum atomic E-state index is 5.65. The Morgan fingerprint density at radius 1 is 0.938 bits per heavy atom. The zero-order chi connectivity index (χ0) is 21.9. The van der Waals surface area contributed by atoms with Gasteiger partial charge in [-0.25, -0.2) is 9.97 Å². The van der Waals surface area contributed by atoms with Gasteiger partial charge in [0.2, 0.25) is 0 Å². The van der Waals surface area contributed by atoms with E-state index in [9.17, 15) is 0 Å². The third-order valence-corrected chi connectivity index (χ3v) is 5.49. The Morgan fingerprint density at radius 2 is 1.75 bits per heavy atom. The van der Waals surface area contributed by atoms with Crippen molar-refractivity contribution in [3.63, 3.8) is 0 Å². The van der Waals surface area contributed by atoms with Crippen LogP contribution in [-0.4, -0.2) is 26.2 Å². The summed E-state index contributed by atoms with van der Waals surface area (Å²) in [6.45, 7) is 2.74. The fourth-order valence-corrected chi connectivity index (χ4v) is 3.89. The molecule has 0 radical (unpaired) electrons. The number of imidazole rings is 2. The van der Waals surface area contributed by atoms with Crippen molar-refractivity contribution >= 4 is 23.2 Å². The standard InChI is InChI=1S/C27H24N4O/c1-20-17-30(19-28-20)25-14-12-21(16-26(25)32-2)13-15-27-29-23-10-6-7-11-24(23)31(27)18-22-8-4-3-5-9-22/h3-17,19H,18H2,1-2H3. The molecule has 0 bridgehead atoms. The van der Waals surface area contributed by atoms with E-state index < -0.39 is 0 Å². The minimum atomic E-state index is 0.767. The molecule has 2 heterocycles. The molecule has 0 saturated heterocycles. The number of nitrogens with zero attached hydrogens (tertiary/aromatic N) is 4. The smallest absolute Gasteiger partial charge is 0.143 e. The van der Waals surface area contributed by atoms with Crippen LogP contribution in [0.15, 0.2) is 85.3 Å². The van der Waals surface area contributed by atoms with Gasteiger partial charge in [0.15, 0.2) is 0 Å². The van der Waals surface area contributed by atoms with Crippen molar-refractivity contribution in [1.82, 2.24) is 19.1 Å². The van der Waals surface area contributed by atoms with Crippen molar-refractivity contribution in [3.8, 4) is 11.4 Å². The van der Waals surface area contributed by atoms with Crippen molar-refractivity contribution in [2.75, 3.05) is 7.11 Å². The van der Waals surface area contributed by atoms with Gasteiger partial charge in [0.1, 0.15) is 11.6 Å². The number of hydrogen-bond donors (Lipinski definition) is 0. The highest BCUT2D eigenvalue weighted by Crippen LogP contribution is 2.26. The largest absolute Gasteiger partial charge is 0.495 e. The van der Waals surface area contributed by atoms with Gasteiger partial charge >= 0.3 is 0 Å². The Hall–Kier alpha value is -4.12. The van der Waals surface area contributed by atoms with Crippen LogP contribution in [0.4, 0.5) is 0 Å². The van der Waals surface area contributed by atoms with E-state index >= 15 is 0 Å². The SMILES string of the molecule is COc1cc(C=Cc2nc3ccccc3n2Cc2ccccc2)ccc1-n1cnc(C)c1. The molecular formula is C27H24N4O. The van der Waals surface area contributed by atoms with Crippen LogP contribution in [-0.2, 0) is 6.54 Å². The summed E-state index contributed by atoms with van der Waals surface area (Å²) in [5.41, 5.74) is 6.33. The molecule has 0 N–H and O–H groups in total. The first-order valence-electron chi connectivity index (χ1n) is 10.6. The fraction of sp³-hybridized carbons (Fsp3) is 0.111. The van der Waals surface area contributed by atoms with E-state index in [4.69, 9.17) is 9.72 Å². The molecule has 5 heteroatoms. The summed E-state index contributed by atoms with van der Waals surface area (Å²) in [6, 6.07) is 24.9. The number of rotatable bonds is 6. The van der Waals surface area contributed by atoms with Crippen molar-refractivity contribution < 1.29 is 4.74 Å². The molecule has 0 aliphatic heterocycles. The second-order valence-electron chi connectivity index (χ2n) is 7.72. The van der Waals surface area contributed by atoms with Gasteiger partial charge in [0.05, 0.1) is 35.9 Å². The number of fused-ring (bicyclic) bond motifs is 1. The summed E-state index contributed by atoms with van der Waals surface area (Å²) >= 11 is 0. The first kappa shape index (κ1) is 19.8. The van der Waals surface area contributed by atoms with E-state index in [-0.39, 0.29) is 0 Å². The summed E-state index contributed by atoms with van der Waals surface area (Å²) in [7, 11) is 1.69. The fourth-order valence-electron chi connectivity index (χ4n) is 3.89. The molecule has 0 saturated carbocycles. The van der Waals surface area contributed by atoms with Gasteiger partial charge in [-0.05, 0) is 48.4 Å². The topological polar surface area (TPSA) is 44.9 Å². The number of para-hydroxylation sites is 2. The minimum Gasteiger partial charge on any atom is -0.495 e. The average Bonchev–Trinajstić information content (AvgIpc) is 3.41. The summed E-state index contributed by atoms with van der Waals surface area (Å²) in [5, 5.41) is 0. The summed E-state index contributed by atoms with van der Waals surface area (Å²) < 4.78 is 9.87. The van der Waals surface area contributed by atoms with Crippen molar-refractivity contribution in [2.24, 2.45) is 0 Å². The molecule has 0 atom stereocenters. The van der Waals surface area contributed by atoms with Gasteiger partial charge < -0.3 is 13.9 Å². The Morgan fingerprint density at radius 3 is 2.53 bits per heavy atom. The third-order valence-electron chi connectivity index (χ3n) is 5.49. The molecule has 2 aromatic heterocycles. The highest BCUT2D eigenvalue weighted by molar-refractivity contribution is 5.80. The van der Waals surface area contributed by atoms with Crippen molar-refractivity contribution in [1.29, 1.82) is 0 Å². The number of ether oxygens (including phenoxy) is 1. The summed E-state index contributed by atoms with van der Waals surface area (Å²) in [6.07, 6.45) is 7.93. The molecule has 3 aromatic carbocycles. The van der Waals surface area contributed by atoms with Crippen LogP contribution >= 0.6 is 0 Å². The predicted molar refractivity (Wildman–Crippen MR) is 129 cm³/mol. The first-order chi connectivity index (χ1) is 15.7. The second kappa shape index (κ2) is 8.55. The van der Waals surface area contributed by atoms with Gasteiger partial charge in [-0.3, -0.25) is 0 Å². The lowest BCUT2D eigenvalue weighted by Gasteiger charge is -2.10. The Kier molecular flexibility index (Phi) is 5.30. The van der Waals surface area contributed by atoms with Crippen LogP contribution in [0.3, 0.4) is 0 Å². The second-order valence-corrected chi connectivity index (χ2v) is 7.72. The van der Waals surface area contributed by atoms with Crippen molar-refractivity contribution in [2.45, 2.75) is 13.5 Å². The summed E-state index contributed by atoms with van der Waals surface area (Å²) in [4.78, 5) is 9.18. The van der Waals surface area contributed by atoms with Crippen LogP contribution in [0.25, 0.3) is 28.9 Å². The number of benzene rings is 3. The average molecular weight is 421 g/mol.